The summed E-state index contributed by atoms with van der Waals surface area (Å²) in [5, 5.41) is 12.5. The second-order valence-electron chi connectivity index (χ2n) is 3.22. The zero-order valence-corrected chi connectivity index (χ0v) is 11.3. The third-order valence-corrected chi connectivity index (χ3v) is 3.75. The fourth-order valence-corrected chi connectivity index (χ4v) is 2.39. The van der Waals surface area contributed by atoms with Crippen LogP contribution in [0, 0.1) is 0 Å². The van der Waals surface area contributed by atoms with Crippen molar-refractivity contribution in [3.63, 3.8) is 0 Å². The van der Waals surface area contributed by atoms with Crippen molar-refractivity contribution in [2.75, 3.05) is 11.1 Å². The molecule has 0 aliphatic heterocycles. The van der Waals surface area contributed by atoms with E-state index in [0.29, 0.717) is 10.3 Å². The molecule has 0 fully saturated rings. The molecule has 0 radical (unpaired) electrons. The predicted molar refractivity (Wildman–Crippen MR) is 70.7 cm³/mol. The minimum absolute atomic E-state index is 0.133. The van der Waals surface area contributed by atoms with E-state index in [2.05, 4.69) is 25.5 Å². The van der Waals surface area contributed by atoms with E-state index < -0.39 is 0 Å². The molecule has 2 heterocycles. The van der Waals surface area contributed by atoms with E-state index in [0.717, 1.165) is 11.4 Å². The van der Waals surface area contributed by atoms with E-state index in [-0.39, 0.29) is 11.7 Å². The lowest BCUT2D eigenvalue weighted by Gasteiger charge is -1.99. The van der Waals surface area contributed by atoms with Crippen LogP contribution < -0.4 is 5.32 Å². The molecule has 6 nitrogen and oxygen atoms in total. The SMILES string of the molecule is CCc1nnc(NC(=O)CSc2ncccn2)s1. The van der Waals surface area contributed by atoms with E-state index in [1.165, 1.54) is 23.1 Å². The van der Waals surface area contributed by atoms with Crippen LogP contribution in [-0.4, -0.2) is 31.8 Å². The fraction of sp³-hybridized carbons (Fsp3) is 0.300. The Morgan fingerprint density at radius 3 is 2.83 bits per heavy atom. The summed E-state index contributed by atoms with van der Waals surface area (Å²) >= 11 is 2.67. The summed E-state index contributed by atoms with van der Waals surface area (Å²) in [7, 11) is 0. The smallest absolute Gasteiger partial charge is 0.236 e. The van der Waals surface area contributed by atoms with Crippen LogP contribution in [-0.2, 0) is 11.2 Å². The molecule has 0 spiro atoms. The van der Waals surface area contributed by atoms with E-state index in [1.54, 1.807) is 18.5 Å². The maximum absolute atomic E-state index is 11.6. The number of aryl methyl sites for hydroxylation is 1. The highest BCUT2D eigenvalue weighted by atomic mass is 32.2. The second-order valence-corrected chi connectivity index (χ2v) is 5.23. The largest absolute Gasteiger partial charge is 0.300 e. The van der Waals surface area contributed by atoms with Crippen LogP contribution in [0.25, 0.3) is 0 Å². The van der Waals surface area contributed by atoms with Gasteiger partial charge >= 0.3 is 0 Å². The highest BCUT2D eigenvalue weighted by Crippen LogP contribution is 2.16. The van der Waals surface area contributed by atoms with Gasteiger partial charge in [0.05, 0.1) is 5.75 Å². The zero-order valence-electron chi connectivity index (χ0n) is 9.66. The summed E-state index contributed by atoms with van der Waals surface area (Å²) in [6, 6.07) is 1.73. The Bertz CT molecular complexity index is 516. The summed E-state index contributed by atoms with van der Waals surface area (Å²) in [4.78, 5) is 19.7. The molecule has 0 aliphatic rings. The molecule has 0 aliphatic carbocycles. The Kier molecular flexibility index (Phi) is 4.59. The van der Waals surface area contributed by atoms with Crippen molar-refractivity contribution in [3.05, 3.63) is 23.5 Å². The Hall–Kier alpha value is -1.54. The lowest BCUT2D eigenvalue weighted by atomic mass is 10.5. The second kappa shape index (κ2) is 6.41. The average Bonchev–Trinajstić information content (AvgIpc) is 2.85. The van der Waals surface area contributed by atoms with Crippen LogP contribution in [0.15, 0.2) is 23.6 Å². The molecular formula is C10H11N5OS2. The standard InChI is InChI=1S/C10H11N5OS2/c1-2-8-14-15-10(18-8)13-7(16)6-17-9-11-4-3-5-12-9/h3-5H,2,6H2,1H3,(H,13,15,16). The number of carbonyl (C=O) groups is 1. The summed E-state index contributed by atoms with van der Waals surface area (Å²) in [5.41, 5.74) is 0. The van der Waals surface area contributed by atoms with Gasteiger partial charge in [-0.25, -0.2) is 9.97 Å². The first-order chi connectivity index (χ1) is 8.78. The van der Waals surface area contributed by atoms with Gasteiger partial charge in [0, 0.05) is 12.4 Å². The molecule has 94 valence electrons. The molecule has 1 N–H and O–H groups in total. The number of nitrogens with zero attached hydrogens (tertiary/aromatic N) is 4. The van der Waals surface area contributed by atoms with Crippen LogP contribution in [0.2, 0.25) is 0 Å². The van der Waals surface area contributed by atoms with Crippen LogP contribution >= 0.6 is 23.1 Å². The average molecular weight is 281 g/mol. The molecule has 0 bridgehead atoms. The van der Waals surface area contributed by atoms with Crippen LogP contribution in [0.5, 0.6) is 0 Å². The number of amides is 1. The number of thioether (sulfide) groups is 1. The summed E-state index contributed by atoms with van der Waals surface area (Å²) < 4.78 is 0. The Morgan fingerprint density at radius 2 is 2.17 bits per heavy atom. The van der Waals surface area contributed by atoms with E-state index in [1.807, 2.05) is 6.92 Å². The third-order valence-electron chi connectivity index (χ3n) is 1.89. The highest BCUT2D eigenvalue weighted by Gasteiger charge is 2.08. The lowest BCUT2D eigenvalue weighted by Crippen LogP contribution is -2.14. The first-order valence-electron chi connectivity index (χ1n) is 5.30. The van der Waals surface area contributed by atoms with Gasteiger partial charge < -0.3 is 0 Å². The normalized spacial score (nSPS) is 10.3. The van der Waals surface area contributed by atoms with Crippen LogP contribution in [0.3, 0.4) is 0 Å². The summed E-state index contributed by atoms with van der Waals surface area (Å²) in [6.45, 7) is 1.99. The number of anilines is 1. The van der Waals surface area contributed by atoms with Crippen molar-refractivity contribution in [1.82, 2.24) is 20.2 Å². The zero-order chi connectivity index (χ0) is 12.8. The van der Waals surface area contributed by atoms with Crippen molar-refractivity contribution in [2.45, 2.75) is 18.5 Å². The molecule has 0 saturated carbocycles. The molecule has 8 heteroatoms. The van der Waals surface area contributed by atoms with E-state index >= 15 is 0 Å². The van der Waals surface area contributed by atoms with Gasteiger partial charge in [0.1, 0.15) is 5.01 Å². The maximum atomic E-state index is 11.6. The molecule has 0 atom stereocenters. The molecule has 2 rings (SSSR count). The number of carbonyl (C=O) groups excluding carboxylic acids is 1. The number of aromatic nitrogens is 4. The number of hydrogen-bond donors (Lipinski definition) is 1. The van der Waals surface area contributed by atoms with Gasteiger partial charge in [0.15, 0.2) is 5.16 Å². The molecule has 1 amide bonds. The van der Waals surface area contributed by atoms with Crippen molar-refractivity contribution < 1.29 is 4.79 Å². The van der Waals surface area contributed by atoms with Gasteiger partial charge in [-0.05, 0) is 12.5 Å². The van der Waals surface area contributed by atoms with Gasteiger partial charge in [-0.1, -0.05) is 30.0 Å². The molecule has 0 unspecified atom stereocenters. The number of nitrogens with one attached hydrogen (secondary N) is 1. The first kappa shape index (κ1) is 12.9. The highest BCUT2D eigenvalue weighted by molar-refractivity contribution is 7.99. The van der Waals surface area contributed by atoms with Crippen molar-refractivity contribution >= 4 is 34.1 Å². The Morgan fingerprint density at radius 1 is 1.39 bits per heavy atom. The minimum Gasteiger partial charge on any atom is -0.300 e. The van der Waals surface area contributed by atoms with E-state index in [4.69, 9.17) is 0 Å². The van der Waals surface area contributed by atoms with Crippen LogP contribution in [0.1, 0.15) is 11.9 Å². The molecular weight excluding hydrogens is 270 g/mol. The van der Waals surface area contributed by atoms with Gasteiger partial charge in [-0.2, -0.15) is 0 Å². The quantitative estimate of drug-likeness (QED) is 0.662. The Labute approximate surface area is 112 Å². The monoisotopic (exact) mass is 281 g/mol. The Balaban J connectivity index is 1.82. The van der Waals surface area contributed by atoms with Gasteiger partial charge in [-0.3, -0.25) is 10.1 Å². The number of rotatable bonds is 5. The molecule has 2 aromatic rings. The summed E-state index contributed by atoms with van der Waals surface area (Å²) in [5.74, 6) is 0.122. The lowest BCUT2D eigenvalue weighted by molar-refractivity contribution is -0.113. The molecule has 0 aromatic carbocycles. The van der Waals surface area contributed by atoms with Crippen LogP contribution in [0.4, 0.5) is 5.13 Å². The topological polar surface area (TPSA) is 80.7 Å². The van der Waals surface area contributed by atoms with Crippen molar-refractivity contribution in [2.24, 2.45) is 0 Å². The third kappa shape index (κ3) is 3.74. The summed E-state index contributed by atoms with van der Waals surface area (Å²) in [6.07, 6.45) is 4.11. The minimum atomic E-state index is -0.133. The molecule has 0 saturated heterocycles. The maximum Gasteiger partial charge on any atom is 0.236 e. The molecule has 18 heavy (non-hydrogen) atoms. The van der Waals surface area contributed by atoms with Gasteiger partial charge in [0.25, 0.3) is 0 Å². The number of hydrogen-bond acceptors (Lipinski definition) is 7. The first-order valence-corrected chi connectivity index (χ1v) is 7.10. The van der Waals surface area contributed by atoms with Crippen molar-refractivity contribution in [1.29, 1.82) is 0 Å². The van der Waals surface area contributed by atoms with Gasteiger partial charge in [0.2, 0.25) is 11.0 Å². The molecule has 2 aromatic heterocycles. The predicted octanol–water partition coefficient (Wildman–Crippen LogP) is 1.62. The fourth-order valence-electron chi connectivity index (χ4n) is 1.09. The van der Waals surface area contributed by atoms with Gasteiger partial charge in [-0.15, -0.1) is 10.2 Å². The van der Waals surface area contributed by atoms with Crippen molar-refractivity contribution in [3.8, 4) is 0 Å². The van der Waals surface area contributed by atoms with E-state index in [9.17, 15) is 4.79 Å².